The lowest BCUT2D eigenvalue weighted by Gasteiger charge is -2.50. The van der Waals surface area contributed by atoms with Crippen molar-refractivity contribution >= 4 is 23.6 Å². The van der Waals surface area contributed by atoms with Crippen molar-refractivity contribution in [3.8, 4) is 0 Å². The third kappa shape index (κ3) is 16.2. The molecular formula is C57H83N7O6. The van der Waals surface area contributed by atoms with Gasteiger partial charge in [0.05, 0.1) is 26.4 Å². The predicted molar refractivity (Wildman–Crippen MR) is 276 cm³/mol. The van der Waals surface area contributed by atoms with E-state index < -0.39 is 0 Å². The number of carbonyl (C=O) groups excluding carboxylic acids is 4. The molecule has 3 aromatic carbocycles. The van der Waals surface area contributed by atoms with Crippen LogP contribution in [0.1, 0.15) is 112 Å². The largest absolute Gasteiger partial charge is 0.379 e. The Labute approximate surface area is 418 Å². The number of amides is 4. The van der Waals surface area contributed by atoms with Gasteiger partial charge in [0.2, 0.25) is 23.6 Å². The molecule has 3 saturated carbocycles. The van der Waals surface area contributed by atoms with E-state index in [9.17, 15) is 19.2 Å². The maximum Gasteiger partial charge on any atom is 0.222 e. The summed E-state index contributed by atoms with van der Waals surface area (Å²) in [7, 11) is 5.89. The number of benzene rings is 3. The molecule has 0 bridgehead atoms. The lowest BCUT2D eigenvalue weighted by molar-refractivity contribution is -0.132. The van der Waals surface area contributed by atoms with Crippen LogP contribution in [0, 0.1) is 0 Å². The molecule has 3 N–H and O–H groups in total. The lowest BCUT2D eigenvalue weighted by atomic mass is 9.74. The molecule has 0 aromatic heterocycles. The van der Waals surface area contributed by atoms with Crippen LogP contribution < -0.4 is 16.0 Å². The fourth-order valence-corrected chi connectivity index (χ4v) is 11.5. The third-order valence-electron chi connectivity index (χ3n) is 15.7. The molecule has 3 aliphatic carbocycles. The first-order chi connectivity index (χ1) is 34.0. The summed E-state index contributed by atoms with van der Waals surface area (Å²) in [5.41, 5.74) is 4.30. The number of hydrogen-bond donors (Lipinski definition) is 3. The average Bonchev–Trinajstić information content (AvgIpc) is 4.16. The second-order valence-corrected chi connectivity index (χ2v) is 21.1. The number of nitrogens with zero attached hydrogens (tertiary/aromatic N) is 4. The highest BCUT2D eigenvalue weighted by Gasteiger charge is 2.43. The number of ether oxygens (including phenoxy) is 2. The summed E-state index contributed by atoms with van der Waals surface area (Å²) >= 11 is 0. The molecule has 70 heavy (non-hydrogen) atoms. The Hall–Kier alpha value is -4.66. The monoisotopic (exact) mass is 962 g/mol. The first-order valence-electron chi connectivity index (χ1n) is 26.5. The molecule has 2 saturated heterocycles. The summed E-state index contributed by atoms with van der Waals surface area (Å²) < 4.78 is 11.3. The second kappa shape index (κ2) is 26.7. The summed E-state index contributed by atoms with van der Waals surface area (Å²) in [6.45, 7) is 8.79. The Morgan fingerprint density at radius 3 is 1.41 bits per heavy atom. The SMILES string of the molecule is CN(C)CCCN(C)C(=O)CCC(=O)NC1CCC(Cc2ccccc2)(N2CCOCC2)CC1.O=C(CCC(=O)NC1CC1c1ccccc1)NC1CCC(Cc2ccccc2)(N2CCOCC2)CC1. The van der Waals surface area contributed by atoms with Gasteiger partial charge in [-0.1, -0.05) is 91.0 Å². The molecule has 5 aliphatic rings. The van der Waals surface area contributed by atoms with Crippen molar-refractivity contribution in [2.24, 2.45) is 0 Å². The summed E-state index contributed by atoms with van der Waals surface area (Å²) in [6, 6.07) is 32.4. The smallest absolute Gasteiger partial charge is 0.222 e. The normalized spacial score (nSPS) is 26.0. The van der Waals surface area contributed by atoms with E-state index in [4.69, 9.17) is 9.47 Å². The van der Waals surface area contributed by atoms with Crippen LogP contribution >= 0.6 is 0 Å². The molecule has 8 rings (SSSR count). The van der Waals surface area contributed by atoms with E-state index in [1.807, 2.05) is 39.3 Å². The summed E-state index contributed by atoms with van der Waals surface area (Å²) in [5.74, 6) is 0.432. The summed E-state index contributed by atoms with van der Waals surface area (Å²) in [6.07, 6.45) is 13.3. The molecule has 382 valence electrons. The van der Waals surface area contributed by atoms with Crippen molar-refractivity contribution in [1.82, 2.24) is 35.6 Å². The minimum absolute atomic E-state index is 0.00183. The van der Waals surface area contributed by atoms with Crippen LogP contribution in [0.3, 0.4) is 0 Å². The van der Waals surface area contributed by atoms with Crippen molar-refractivity contribution in [3.63, 3.8) is 0 Å². The Kier molecular flexibility index (Phi) is 20.3. The number of carbonyl (C=O) groups is 4. The van der Waals surface area contributed by atoms with E-state index in [0.717, 1.165) is 143 Å². The highest BCUT2D eigenvalue weighted by molar-refractivity contribution is 5.84. The van der Waals surface area contributed by atoms with Crippen molar-refractivity contribution in [2.45, 2.75) is 138 Å². The van der Waals surface area contributed by atoms with Crippen LogP contribution in [0.2, 0.25) is 0 Å². The first kappa shape index (κ1) is 53.1. The van der Waals surface area contributed by atoms with Crippen LogP contribution in [0.25, 0.3) is 0 Å². The zero-order valence-electron chi connectivity index (χ0n) is 42.6. The van der Waals surface area contributed by atoms with Gasteiger partial charge in [-0.3, -0.25) is 29.0 Å². The summed E-state index contributed by atoms with van der Waals surface area (Å²) in [5, 5.41) is 9.53. The van der Waals surface area contributed by atoms with Crippen molar-refractivity contribution in [1.29, 1.82) is 0 Å². The van der Waals surface area contributed by atoms with Crippen LogP contribution in [-0.4, -0.2) is 159 Å². The molecule has 0 radical (unpaired) electrons. The van der Waals surface area contributed by atoms with E-state index in [1.165, 1.54) is 16.7 Å². The minimum Gasteiger partial charge on any atom is -0.379 e. The van der Waals surface area contributed by atoms with Gasteiger partial charge in [0.15, 0.2) is 0 Å². The Morgan fingerprint density at radius 2 is 0.971 bits per heavy atom. The maximum absolute atomic E-state index is 12.6. The van der Waals surface area contributed by atoms with Crippen molar-refractivity contribution in [3.05, 3.63) is 108 Å². The second-order valence-electron chi connectivity index (χ2n) is 21.1. The lowest BCUT2D eigenvalue weighted by Crippen LogP contribution is -2.58. The molecule has 2 aliphatic heterocycles. The van der Waals surface area contributed by atoms with Crippen LogP contribution in [0.5, 0.6) is 0 Å². The summed E-state index contributed by atoms with van der Waals surface area (Å²) in [4.78, 5) is 59.1. The van der Waals surface area contributed by atoms with Gasteiger partial charge >= 0.3 is 0 Å². The van der Waals surface area contributed by atoms with Gasteiger partial charge in [-0.25, -0.2) is 0 Å². The number of rotatable bonds is 20. The van der Waals surface area contributed by atoms with Crippen LogP contribution in [0.15, 0.2) is 91.0 Å². The zero-order valence-corrected chi connectivity index (χ0v) is 42.6. The molecule has 4 amide bonds. The maximum atomic E-state index is 12.6. The molecule has 13 heteroatoms. The molecular weight excluding hydrogens is 879 g/mol. The zero-order chi connectivity index (χ0) is 49.2. The van der Waals surface area contributed by atoms with Crippen molar-refractivity contribution in [2.75, 3.05) is 86.8 Å². The topological polar surface area (TPSA) is 136 Å². The van der Waals surface area contributed by atoms with E-state index in [2.05, 4.69) is 103 Å². The van der Waals surface area contributed by atoms with E-state index in [0.29, 0.717) is 5.92 Å². The van der Waals surface area contributed by atoms with Gasteiger partial charge in [0, 0.05) is 101 Å². The molecule has 2 atom stereocenters. The van der Waals surface area contributed by atoms with Gasteiger partial charge in [0.1, 0.15) is 0 Å². The van der Waals surface area contributed by atoms with E-state index in [1.54, 1.807) is 4.90 Å². The third-order valence-corrected chi connectivity index (χ3v) is 15.7. The molecule has 13 nitrogen and oxygen atoms in total. The first-order valence-corrected chi connectivity index (χ1v) is 26.5. The number of nitrogens with one attached hydrogen (secondary N) is 3. The van der Waals surface area contributed by atoms with Gasteiger partial charge in [0.25, 0.3) is 0 Å². The molecule has 0 spiro atoms. The highest BCUT2D eigenvalue weighted by atomic mass is 16.5. The van der Waals surface area contributed by atoms with E-state index in [-0.39, 0.29) is 78.5 Å². The standard InChI is InChI=1S/C30H39N3O3.C27H44N4O3/c34-28(11-12-29(35)32-27-21-26(27)24-9-5-2-6-10-24)31-25-13-15-30(16-14-25,33-17-19-36-20-18-33)22-23-7-3-1-4-8-23;1-29(2)16-7-17-30(3)26(33)11-10-25(32)28-24-12-14-27(15-13-24,31-18-20-34-21-19-31)22-23-8-5-4-6-9-23/h1-10,25-27H,11-22H2,(H,31,34)(H,32,35);4-6,8-9,24H,7,10-22H2,1-3H3,(H,28,32). The van der Waals surface area contributed by atoms with Gasteiger partial charge in [-0.2, -0.15) is 0 Å². The Bertz CT molecular complexity index is 2050. The highest BCUT2D eigenvalue weighted by Crippen LogP contribution is 2.41. The Balaban J connectivity index is 0.000000207. The number of hydrogen-bond acceptors (Lipinski definition) is 9. The molecule has 3 aromatic rings. The fourth-order valence-electron chi connectivity index (χ4n) is 11.5. The van der Waals surface area contributed by atoms with Crippen LogP contribution in [0.4, 0.5) is 0 Å². The predicted octanol–water partition coefficient (Wildman–Crippen LogP) is 6.36. The van der Waals surface area contributed by atoms with Crippen LogP contribution in [-0.2, 0) is 41.5 Å². The molecule has 5 fully saturated rings. The molecule has 2 unspecified atom stereocenters. The molecule has 2 heterocycles. The van der Waals surface area contributed by atoms with Gasteiger partial charge < -0.3 is 35.2 Å². The number of morpholine rings is 2. The minimum atomic E-state index is -0.0218. The Morgan fingerprint density at radius 1 is 0.557 bits per heavy atom. The average molecular weight is 962 g/mol. The van der Waals surface area contributed by atoms with E-state index >= 15 is 0 Å². The fraction of sp³-hybridized carbons (Fsp3) is 0.614. The van der Waals surface area contributed by atoms with Gasteiger partial charge in [-0.15, -0.1) is 0 Å². The quantitative estimate of drug-likeness (QED) is 0.118. The van der Waals surface area contributed by atoms with Gasteiger partial charge in [-0.05, 0) is 114 Å². The van der Waals surface area contributed by atoms with Crippen molar-refractivity contribution < 1.29 is 28.7 Å².